The van der Waals surface area contributed by atoms with Gasteiger partial charge < -0.3 is 0 Å². The fraction of sp³-hybridized carbons (Fsp3) is 0.571. The van der Waals surface area contributed by atoms with Crippen molar-refractivity contribution < 1.29 is 4.68 Å². The van der Waals surface area contributed by atoms with Crippen LogP contribution in [0.4, 0.5) is 0 Å². The Labute approximate surface area is 65.6 Å². The first kappa shape index (κ1) is 7.73. The van der Waals surface area contributed by atoms with Gasteiger partial charge in [0.25, 0.3) is 0 Å². The molecule has 4 nitrogen and oxygen atoms in total. The average Bonchev–Trinajstić information content (AvgIpc) is 2.31. The second-order valence-corrected chi connectivity index (χ2v) is 2.61. The molecule has 0 radical (unpaired) electrons. The van der Waals surface area contributed by atoms with E-state index in [0.717, 1.165) is 0 Å². The van der Waals surface area contributed by atoms with E-state index in [9.17, 15) is 0 Å². The van der Waals surface area contributed by atoms with Crippen LogP contribution in [0.15, 0.2) is 0 Å². The van der Waals surface area contributed by atoms with Crippen molar-refractivity contribution in [3.05, 3.63) is 5.82 Å². The number of hydrogen-bond acceptors (Lipinski definition) is 2. The van der Waals surface area contributed by atoms with Gasteiger partial charge >= 0.3 is 5.82 Å². The van der Waals surface area contributed by atoms with E-state index >= 15 is 0 Å². The van der Waals surface area contributed by atoms with Crippen LogP contribution in [0.1, 0.15) is 19.7 Å². The standard InChI is InChI=1S/C7H10N4/c1-6(2)4-5-7-8-9-10-11(7)3/h6H,1-3H3/p+1. The fourth-order valence-corrected chi connectivity index (χ4v) is 0.569. The van der Waals surface area contributed by atoms with Gasteiger partial charge in [-0.2, -0.15) is 4.68 Å². The maximum atomic E-state index is 3.77. The van der Waals surface area contributed by atoms with Crippen molar-refractivity contribution in [1.82, 2.24) is 15.5 Å². The summed E-state index contributed by atoms with van der Waals surface area (Å²) in [5, 5.41) is 10.0. The molecule has 0 fully saturated rings. The summed E-state index contributed by atoms with van der Waals surface area (Å²) in [6.07, 6.45) is 0. The van der Waals surface area contributed by atoms with Crippen LogP contribution in [0, 0.1) is 17.8 Å². The number of tetrazole rings is 1. The van der Waals surface area contributed by atoms with Crippen LogP contribution in [0.2, 0.25) is 0 Å². The summed E-state index contributed by atoms with van der Waals surface area (Å²) in [6.45, 7) is 4.07. The highest BCUT2D eigenvalue weighted by Crippen LogP contribution is 1.86. The molecule has 4 heteroatoms. The van der Waals surface area contributed by atoms with Crippen molar-refractivity contribution in [1.29, 1.82) is 0 Å². The van der Waals surface area contributed by atoms with Gasteiger partial charge in [0, 0.05) is 11.8 Å². The first-order chi connectivity index (χ1) is 5.20. The van der Waals surface area contributed by atoms with Crippen LogP contribution in [0.3, 0.4) is 0 Å². The highest BCUT2D eigenvalue weighted by Gasteiger charge is 2.04. The quantitative estimate of drug-likeness (QED) is 0.406. The van der Waals surface area contributed by atoms with Crippen LogP contribution in [0.5, 0.6) is 0 Å². The number of rotatable bonds is 0. The first-order valence-corrected chi connectivity index (χ1v) is 3.49. The summed E-state index contributed by atoms with van der Waals surface area (Å²) < 4.78 is 1.68. The van der Waals surface area contributed by atoms with Gasteiger partial charge in [-0.15, -0.1) is 0 Å². The molecular formula is C7H11N4+. The summed E-state index contributed by atoms with van der Waals surface area (Å²) in [5.41, 5.74) is 0. The van der Waals surface area contributed by atoms with E-state index < -0.39 is 0 Å². The first-order valence-electron chi connectivity index (χ1n) is 3.49. The lowest BCUT2D eigenvalue weighted by Crippen LogP contribution is -2.33. The molecule has 0 aliphatic heterocycles. The van der Waals surface area contributed by atoms with Crippen LogP contribution < -0.4 is 4.68 Å². The molecule has 0 aliphatic rings. The minimum Gasteiger partial charge on any atom is -0.154 e. The molecule has 1 aromatic rings. The minimum absolute atomic E-state index is 0.367. The Morgan fingerprint density at radius 2 is 2.27 bits per heavy atom. The maximum absolute atomic E-state index is 3.77. The Morgan fingerprint density at radius 1 is 1.55 bits per heavy atom. The predicted molar refractivity (Wildman–Crippen MR) is 39.3 cm³/mol. The van der Waals surface area contributed by atoms with Gasteiger partial charge in [0.2, 0.25) is 0 Å². The summed E-state index contributed by atoms with van der Waals surface area (Å²) >= 11 is 0. The van der Waals surface area contributed by atoms with Crippen LogP contribution in [-0.4, -0.2) is 15.5 Å². The van der Waals surface area contributed by atoms with Crippen molar-refractivity contribution in [3.8, 4) is 11.8 Å². The number of nitrogens with one attached hydrogen (secondary N) is 1. The number of aromatic amines is 1. The fourth-order valence-electron chi connectivity index (χ4n) is 0.569. The van der Waals surface area contributed by atoms with Gasteiger partial charge in [0.05, 0.1) is 7.05 Å². The zero-order valence-electron chi connectivity index (χ0n) is 6.92. The molecular weight excluding hydrogens is 140 g/mol. The van der Waals surface area contributed by atoms with Crippen LogP contribution in [0.25, 0.3) is 0 Å². The second-order valence-electron chi connectivity index (χ2n) is 2.61. The molecule has 1 aromatic heterocycles. The smallest absolute Gasteiger partial charge is 0.154 e. The third-order valence-electron chi connectivity index (χ3n) is 1.13. The number of H-pyrrole nitrogens is 1. The lowest BCUT2D eigenvalue weighted by molar-refractivity contribution is -0.733. The van der Waals surface area contributed by atoms with Gasteiger partial charge in [-0.3, -0.25) is 0 Å². The summed E-state index contributed by atoms with van der Waals surface area (Å²) in [6, 6.07) is 0. The van der Waals surface area contributed by atoms with E-state index in [1.165, 1.54) is 0 Å². The van der Waals surface area contributed by atoms with E-state index in [-0.39, 0.29) is 0 Å². The monoisotopic (exact) mass is 151 g/mol. The Balaban J connectivity index is 2.81. The van der Waals surface area contributed by atoms with E-state index in [1.807, 2.05) is 20.9 Å². The molecule has 1 heterocycles. The van der Waals surface area contributed by atoms with Crippen LogP contribution in [-0.2, 0) is 7.05 Å². The molecule has 0 aliphatic carbocycles. The Morgan fingerprint density at radius 3 is 2.73 bits per heavy atom. The highest BCUT2D eigenvalue weighted by atomic mass is 15.5. The van der Waals surface area contributed by atoms with E-state index in [2.05, 4.69) is 27.4 Å². The summed E-state index contributed by atoms with van der Waals surface area (Å²) in [7, 11) is 1.82. The SMILES string of the molecule is CC(C)C#Cc1nn[nH][n+]1C. The minimum atomic E-state index is 0.367. The number of nitrogens with zero attached hydrogens (tertiary/aromatic N) is 3. The lowest BCUT2D eigenvalue weighted by Gasteiger charge is -1.84. The topological polar surface area (TPSA) is 45.5 Å². The average molecular weight is 151 g/mol. The van der Waals surface area contributed by atoms with Crippen molar-refractivity contribution in [2.45, 2.75) is 13.8 Å². The van der Waals surface area contributed by atoms with Crippen molar-refractivity contribution >= 4 is 0 Å². The zero-order valence-corrected chi connectivity index (χ0v) is 6.92. The second kappa shape index (κ2) is 3.15. The number of hydrogen-bond donors (Lipinski definition) is 1. The third kappa shape index (κ3) is 2.04. The highest BCUT2D eigenvalue weighted by molar-refractivity contribution is 5.15. The largest absolute Gasteiger partial charge is 0.376 e. The molecule has 0 saturated carbocycles. The maximum Gasteiger partial charge on any atom is 0.376 e. The van der Waals surface area contributed by atoms with Crippen molar-refractivity contribution in [2.24, 2.45) is 13.0 Å². The van der Waals surface area contributed by atoms with Crippen molar-refractivity contribution in [2.75, 3.05) is 0 Å². The lowest BCUT2D eigenvalue weighted by atomic mass is 10.2. The third-order valence-corrected chi connectivity index (χ3v) is 1.13. The number of aryl methyl sites for hydroxylation is 1. The van der Waals surface area contributed by atoms with Gasteiger partial charge in [0.15, 0.2) is 5.21 Å². The Bertz CT molecular complexity index is 289. The predicted octanol–water partition coefficient (Wildman–Crippen LogP) is -0.363. The zero-order chi connectivity index (χ0) is 8.27. The molecule has 1 rings (SSSR count). The molecule has 0 amide bonds. The molecule has 0 bridgehead atoms. The van der Waals surface area contributed by atoms with Crippen LogP contribution >= 0.6 is 0 Å². The number of aromatic nitrogens is 4. The molecule has 1 N–H and O–H groups in total. The molecule has 58 valence electrons. The molecule has 0 aromatic carbocycles. The molecule has 11 heavy (non-hydrogen) atoms. The van der Waals surface area contributed by atoms with Gasteiger partial charge in [-0.05, 0) is 0 Å². The molecule has 0 unspecified atom stereocenters. The molecule has 0 saturated heterocycles. The summed E-state index contributed by atoms with van der Waals surface area (Å²) in [5.74, 6) is 6.93. The molecule has 0 spiro atoms. The molecule has 0 atom stereocenters. The Hall–Kier alpha value is -1.37. The normalized spacial score (nSPS) is 9.45. The Kier molecular flexibility index (Phi) is 2.21. The van der Waals surface area contributed by atoms with Crippen molar-refractivity contribution in [3.63, 3.8) is 0 Å². The van der Waals surface area contributed by atoms with E-state index in [1.54, 1.807) is 4.68 Å². The van der Waals surface area contributed by atoms with E-state index in [4.69, 9.17) is 0 Å². The van der Waals surface area contributed by atoms with Gasteiger partial charge in [-0.1, -0.05) is 25.0 Å². The van der Waals surface area contributed by atoms with E-state index in [0.29, 0.717) is 11.7 Å². The summed E-state index contributed by atoms with van der Waals surface area (Å²) in [4.78, 5) is 0. The van der Waals surface area contributed by atoms with Gasteiger partial charge in [-0.25, -0.2) is 0 Å². The van der Waals surface area contributed by atoms with Gasteiger partial charge in [0.1, 0.15) is 5.10 Å².